The topological polar surface area (TPSA) is 46.5 Å². The van der Waals surface area contributed by atoms with Crippen LogP contribution in [0.1, 0.15) is 47.5 Å². The third-order valence-corrected chi connectivity index (χ3v) is 2.38. The van der Waals surface area contributed by atoms with Crippen LogP contribution in [-0.2, 0) is 9.53 Å². The Morgan fingerprint density at radius 2 is 2.00 bits per heavy atom. The number of hydrogen-bond acceptors (Lipinski definition) is 3. The molecule has 0 saturated carbocycles. The first kappa shape index (κ1) is 16.7. The minimum Gasteiger partial charge on any atom is -0.464 e. The molecular weight excluding hydrogens is 228 g/mol. The summed E-state index contributed by atoms with van der Waals surface area (Å²) < 4.78 is 4.83. The fourth-order valence-corrected chi connectivity index (χ4v) is 1.38. The lowest BCUT2D eigenvalue weighted by molar-refractivity contribution is -0.151. The standard InChI is InChI=1S/C15H24O3/c1-6-8-9-10-11-12(15(3,4)5)13(16)14(17)18-7-2/h11,13,16H,6-8H2,1-5H3/b12-11-. The molecule has 1 unspecified atom stereocenters. The Hall–Kier alpha value is -1.27. The summed E-state index contributed by atoms with van der Waals surface area (Å²) in [7, 11) is 0. The molecule has 0 amide bonds. The summed E-state index contributed by atoms with van der Waals surface area (Å²) in [5.74, 6) is 5.25. The smallest absolute Gasteiger partial charge is 0.339 e. The number of carbonyl (C=O) groups is 1. The Balaban J connectivity index is 5.03. The summed E-state index contributed by atoms with van der Waals surface area (Å²) in [6, 6.07) is 0. The van der Waals surface area contributed by atoms with Crippen molar-refractivity contribution in [2.75, 3.05) is 6.61 Å². The van der Waals surface area contributed by atoms with Crippen molar-refractivity contribution < 1.29 is 14.6 Å². The van der Waals surface area contributed by atoms with Crippen LogP contribution in [0.4, 0.5) is 0 Å². The van der Waals surface area contributed by atoms with Gasteiger partial charge in [0.15, 0.2) is 6.10 Å². The molecule has 102 valence electrons. The Morgan fingerprint density at radius 3 is 2.44 bits per heavy atom. The van der Waals surface area contributed by atoms with Gasteiger partial charge in [0.1, 0.15) is 0 Å². The molecule has 0 aromatic carbocycles. The van der Waals surface area contributed by atoms with Gasteiger partial charge < -0.3 is 9.84 Å². The lowest BCUT2D eigenvalue weighted by Crippen LogP contribution is -2.31. The molecule has 1 atom stereocenters. The number of aliphatic hydroxyl groups excluding tert-OH is 1. The summed E-state index contributed by atoms with van der Waals surface area (Å²) in [5, 5.41) is 9.99. The van der Waals surface area contributed by atoms with E-state index in [4.69, 9.17) is 4.74 Å². The van der Waals surface area contributed by atoms with Crippen molar-refractivity contribution in [3.8, 4) is 11.8 Å². The van der Waals surface area contributed by atoms with Gasteiger partial charge in [-0.05, 0) is 30.4 Å². The monoisotopic (exact) mass is 252 g/mol. The highest BCUT2D eigenvalue weighted by Crippen LogP contribution is 2.28. The van der Waals surface area contributed by atoms with Crippen molar-refractivity contribution in [1.29, 1.82) is 0 Å². The van der Waals surface area contributed by atoms with Gasteiger partial charge >= 0.3 is 5.97 Å². The molecule has 0 aromatic rings. The van der Waals surface area contributed by atoms with E-state index in [2.05, 4.69) is 18.8 Å². The van der Waals surface area contributed by atoms with E-state index in [1.165, 1.54) is 0 Å². The zero-order chi connectivity index (χ0) is 14.2. The molecule has 0 radical (unpaired) electrons. The predicted octanol–water partition coefficient (Wildman–Crippen LogP) is 2.69. The molecule has 3 heteroatoms. The second kappa shape index (κ2) is 7.94. The Kier molecular flexibility index (Phi) is 7.38. The molecule has 3 nitrogen and oxygen atoms in total. The van der Waals surface area contributed by atoms with Crippen LogP contribution in [0.3, 0.4) is 0 Å². The molecule has 0 bridgehead atoms. The van der Waals surface area contributed by atoms with E-state index in [0.29, 0.717) is 5.57 Å². The highest BCUT2D eigenvalue weighted by atomic mass is 16.5. The van der Waals surface area contributed by atoms with Gasteiger partial charge in [-0.1, -0.05) is 39.5 Å². The number of unbranched alkanes of at least 4 members (excludes halogenated alkanes) is 1. The fraction of sp³-hybridized carbons (Fsp3) is 0.667. The number of carbonyl (C=O) groups excluding carboxylic acids is 1. The van der Waals surface area contributed by atoms with Gasteiger partial charge in [0.25, 0.3) is 0 Å². The van der Waals surface area contributed by atoms with E-state index in [0.717, 1.165) is 12.8 Å². The van der Waals surface area contributed by atoms with E-state index in [9.17, 15) is 9.90 Å². The molecular formula is C15H24O3. The molecule has 0 aliphatic heterocycles. The van der Waals surface area contributed by atoms with E-state index in [1.54, 1.807) is 13.0 Å². The van der Waals surface area contributed by atoms with Crippen molar-refractivity contribution in [3.05, 3.63) is 11.6 Å². The number of ether oxygens (including phenoxy) is 1. The number of rotatable bonds is 4. The molecule has 0 fully saturated rings. The molecule has 1 N–H and O–H groups in total. The number of allylic oxidation sites excluding steroid dienone is 1. The molecule has 0 aliphatic carbocycles. The summed E-state index contributed by atoms with van der Waals surface area (Å²) in [4.78, 5) is 11.6. The van der Waals surface area contributed by atoms with E-state index < -0.39 is 12.1 Å². The van der Waals surface area contributed by atoms with Crippen molar-refractivity contribution in [1.82, 2.24) is 0 Å². The zero-order valence-electron chi connectivity index (χ0n) is 12.0. The predicted molar refractivity (Wildman–Crippen MR) is 72.9 cm³/mol. The lowest BCUT2D eigenvalue weighted by atomic mass is 9.83. The van der Waals surface area contributed by atoms with Crippen LogP contribution in [0.25, 0.3) is 0 Å². The SMILES string of the molecule is CCCC#C/C=C(/C(O)C(=O)OCC)C(C)(C)C. The first-order valence-corrected chi connectivity index (χ1v) is 6.38. The largest absolute Gasteiger partial charge is 0.464 e. The van der Waals surface area contributed by atoms with Crippen molar-refractivity contribution in [2.24, 2.45) is 5.41 Å². The first-order chi connectivity index (χ1) is 8.34. The summed E-state index contributed by atoms with van der Waals surface area (Å²) in [5.41, 5.74) is 0.261. The average molecular weight is 252 g/mol. The maximum Gasteiger partial charge on any atom is 0.339 e. The quantitative estimate of drug-likeness (QED) is 0.618. The minimum atomic E-state index is -1.24. The zero-order valence-corrected chi connectivity index (χ0v) is 12.0. The Bertz CT molecular complexity index is 350. The van der Waals surface area contributed by atoms with Crippen molar-refractivity contribution >= 4 is 5.97 Å². The highest BCUT2D eigenvalue weighted by Gasteiger charge is 2.29. The number of esters is 1. The second-order valence-corrected chi connectivity index (χ2v) is 5.08. The average Bonchev–Trinajstić information content (AvgIpc) is 2.27. The van der Waals surface area contributed by atoms with Gasteiger partial charge in [-0.2, -0.15) is 0 Å². The molecule has 0 aliphatic rings. The van der Waals surface area contributed by atoms with Crippen molar-refractivity contribution in [2.45, 2.75) is 53.6 Å². The van der Waals surface area contributed by atoms with E-state index >= 15 is 0 Å². The van der Waals surface area contributed by atoms with Crippen LogP contribution >= 0.6 is 0 Å². The van der Waals surface area contributed by atoms with Crippen LogP contribution < -0.4 is 0 Å². The minimum absolute atomic E-state index is 0.259. The van der Waals surface area contributed by atoms with Crippen LogP contribution in [0.2, 0.25) is 0 Å². The molecule has 18 heavy (non-hydrogen) atoms. The van der Waals surface area contributed by atoms with Crippen LogP contribution in [0, 0.1) is 17.3 Å². The number of hydrogen-bond donors (Lipinski definition) is 1. The Labute approximate surface area is 110 Å². The van der Waals surface area contributed by atoms with Gasteiger partial charge in [0, 0.05) is 6.42 Å². The van der Waals surface area contributed by atoms with Gasteiger partial charge in [0.2, 0.25) is 0 Å². The molecule has 0 aromatic heterocycles. The van der Waals surface area contributed by atoms with Gasteiger partial charge in [-0.3, -0.25) is 0 Å². The van der Waals surface area contributed by atoms with Gasteiger partial charge in [-0.15, -0.1) is 0 Å². The maximum atomic E-state index is 11.6. The molecule has 0 heterocycles. The molecule has 0 rings (SSSR count). The second-order valence-electron chi connectivity index (χ2n) is 5.08. The van der Waals surface area contributed by atoms with Gasteiger partial charge in [-0.25, -0.2) is 4.79 Å². The van der Waals surface area contributed by atoms with E-state index in [1.807, 2.05) is 20.8 Å². The fourth-order valence-electron chi connectivity index (χ4n) is 1.38. The van der Waals surface area contributed by atoms with Gasteiger partial charge in [0.05, 0.1) is 6.61 Å². The highest BCUT2D eigenvalue weighted by molar-refractivity contribution is 5.78. The maximum absolute atomic E-state index is 11.6. The Morgan fingerprint density at radius 1 is 1.39 bits per heavy atom. The summed E-state index contributed by atoms with van der Waals surface area (Å²) in [6.45, 7) is 9.83. The van der Waals surface area contributed by atoms with Crippen molar-refractivity contribution in [3.63, 3.8) is 0 Å². The third-order valence-electron chi connectivity index (χ3n) is 2.38. The third kappa shape index (κ3) is 5.88. The van der Waals surface area contributed by atoms with E-state index in [-0.39, 0.29) is 12.0 Å². The van der Waals surface area contributed by atoms with Crippen LogP contribution in [-0.4, -0.2) is 23.8 Å². The first-order valence-electron chi connectivity index (χ1n) is 6.38. The van der Waals surface area contributed by atoms with Crippen LogP contribution in [0.15, 0.2) is 11.6 Å². The number of aliphatic hydroxyl groups is 1. The summed E-state index contributed by atoms with van der Waals surface area (Å²) in [6.07, 6.45) is 2.20. The normalized spacial score (nSPS) is 13.6. The summed E-state index contributed by atoms with van der Waals surface area (Å²) >= 11 is 0. The van der Waals surface area contributed by atoms with Crippen LogP contribution in [0.5, 0.6) is 0 Å². The lowest BCUT2D eigenvalue weighted by Gasteiger charge is -2.25. The molecule has 0 saturated heterocycles. The molecule has 0 spiro atoms.